The molecule has 146 valence electrons. The van der Waals surface area contributed by atoms with Crippen LogP contribution in [0.25, 0.3) is 10.9 Å². The summed E-state index contributed by atoms with van der Waals surface area (Å²) in [5, 5.41) is 5.05. The minimum absolute atomic E-state index is 0.706. The molecule has 4 rings (SSSR count). The second-order valence-electron chi connectivity index (χ2n) is 6.24. The van der Waals surface area contributed by atoms with Gasteiger partial charge in [0.15, 0.2) is 5.16 Å². The summed E-state index contributed by atoms with van der Waals surface area (Å²) in [5.41, 5.74) is 2.89. The van der Waals surface area contributed by atoms with Gasteiger partial charge < -0.3 is 14.8 Å². The third kappa shape index (κ3) is 4.57. The lowest BCUT2D eigenvalue weighted by Crippen LogP contribution is -2.00. The predicted molar refractivity (Wildman–Crippen MR) is 116 cm³/mol. The number of benzene rings is 2. The largest absolute Gasteiger partial charge is 0.497 e. The van der Waals surface area contributed by atoms with Crippen molar-refractivity contribution in [3.05, 3.63) is 72.6 Å². The van der Waals surface area contributed by atoms with Crippen molar-refractivity contribution in [3.8, 4) is 11.5 Å². The molecule has 6 nitrogen and oxygen atoms in total. The molecule has 2 aromatic heterocycles. The normalized spacial score (nSPS) is 10.7. The Bertz CT molecular complexity index is 1100. The summed E-state index contributed by atoms with van der Waals surface area (Å²) in [6.07, 6.45) is 3.58. The van der Waals surface area contributed by atoms with Crippen LogP contribution in [0, 0.1) is 0 Å². The number of nitrogens with zero attached hydrogens (tertiary/aromatic N) is 3. The first-order chi connectivity index (χ1) is 14.2. The van der Waals surface area contributed by atoms with Crippen LogP contribution in [0.1, 0.15) is 5.56 Å². The summed E-state index contributed by atoms with van der Waals surface area (Å²) >= 11 is 1.59. The molecular formula is C22H20N4O2S. The van der Waals surface area contributed by atoms with Gasteiger partial charge >= 0.3 is 0 Å². The van der Waals surface area contributed by atoms with Crippen molar-refractivity contribution in [2.45, 2.75) is 10.9 Å². The van der Waals surface area contributed by atoms with Gasteiger partial charge in [0.2, 0.25) is 0 Å². The van der Waals surface area contributed by atoms with Crippen LogP contribution >= 0.6 is 11.8 Å². The van der Waals surface area contributed by atoms with E-state index in [0.29, 0.717) is 16.7 Å². The van der Waals surface area contributed by atoms with E-state index in [9.17, 15) is 0 Å². The first-order valence-corrected chi connectivity index (χ1v) is 10.0. The van der Waals surface area contributed by atoms with Gasteiger partial charge in [0.25, 0.3) is 0 Å². The summed E-state index contributed by atoms with van der Waals surface area (Å²) in [4.78, 5) is 13.5. The van der Waals surface area contributed by atoms with E-state index in [4.69, 9.17) is 19.4 Å². The Kier molecular flexibility index (Phi) is 5.76. The van der Waals surface area contributed by atoms with Gasteiger partial charge in [-0.2, -0.15) is 0 Å². The number of fused-ring (bicyclic) bond motifs is 1. The number of thioether (sulfide) groups is 1. The molecule has 0 unspecified atom stereocenters. The Morgan fingerprint density at radius 2 is 1.62 bits per heavy atom. The third-order valence-corrected chi connectivity index (χ3v) is 5.23. The summed E-state index contributed by atoms with van der Waals surface area (Å²) in [7, 11) is 3.26. The maximum atomic E-state index is 5.37. The van der Waals surface area contributed by atoms with Crippen LogP contribution in [0.2, 0.25) is 0 Å². The number of nitrogens with one attached hydrogen (secondary N) is 1. The quantitative estimate of drug-likeness (QED) is 0.340. The number of hydrogen-bond acceptors (Lipinski definition) is 7. The summed E-state index contributed by atoms with van der Waals surface area (Å²) in [5.74, 6) is 2.92. The van der Waals surface area contributed by atoms with Gasteiger partial charge in [-0.3, -0.25) is 4.98 Å². The van der Waals surface area contributed by atoms with Gasteiger partial charge in [0.1, 0.15) is 17.3 Å². The molecule has 0 aliphatic carbocycles. The number of rotatable bonds is 7. The summed E-state index contributed by atoms with van der Waals surface area (Å²) in [6.45, 7) is 0. The highest BCUT2D eigenvalue weighted by atomic mass is 32.2. The van der Waals surface area contributed by atoms with Crippen LogP contribution in [0.3, 0.4) is 0 Å². The van der Waals surface area contributed by atoms with E-state index in [0.717, 1.165) is 28.2 Å². The first kappa shape index (κ1) is 19.0. The molecule has 0 saturated carbocycles. The van der Waals surface area contributed by atoms with Gasteiger partial charge in [-0.25, -0.2) is 9.97 Å². The van der Waals surface area contributed by atoms with Crippen LogP contribution in [0.15, 0.2) is 72.1 Å². The Balaban J connectivity index is 1.67. The van der Waals surface area contributed by atoms with Crippen LogP contribution in [0.4, 0.5) is 11.5 Å². The molecule has 0 bridgehead atoms. The van der Waals surface area contributed by atoms with Crippen molar-refractivity contribution in [1.82, 2.24) is 15.0 Å². The van der Waals surface area contributed by atoms with E-state index < -0.39 is 0 Å². The van der Waals surface area contributed by atoms with Gasteiger partial charge in [0.05, 0.1) is 19.7 Å². The molecule has 0 aliphatic rings. The highest BCUT2D eigenvalue weighted by Crippen LogP contribution is 2.31. The lowest BCUT2D eigenvalue weighted by Gasteiger charge is -2.13. The maximum absolute atomic E-state index is 5.37. The van der Waals surface area contributed by atoms with E-state index >= 15 is 0 Å². The molecule has 4 aromatic rings. The summed E-state index contributed by atoms with van der Waals surface area (Å²) < 4.78 is 10.7. The fourth-order valence-corrected chi connectivity index (χ4v) is 3.67. The van der Waals surface area contributed by atoms with Crippen LogP contribution in [0.5, 0.6) is 11.5 Å². The SMILES string of the molecule is COc1cc(Nc2nc(SCc3ccncc3)nc3ccccc23)cc(OC)c1. The van der Waals surface area contributed by atoms with E-state index in [1.807, 2.05) is 54.6 Å². The minimum atomic E-state index is 0.706. The smallest absolute Gasteiger partial charge is 0.190 e. The first-order valence-electron chi connectivity index (χ1n) is 9.04. The molecule has 0 atom stereocenters. The number of para-hydroxylation sites is 1. The lowest BCUT2D eigenvalue weighted by atomic mass is 10.2. The molecule has 0 radical (unpaired) electrons. The zero-order valence-corrected chi connectivity index (χ0v) is 16.9. The number of aromatic nitrogens is 3. The number of pyridine rings is 1. The van der Waals surface area contributed by atoms with Crippen molar-refractivity contribution in [2.24, 2.45) is 0 Å². The van der Waals surface area contributed by atoms with Gasteiger partial charge in [0, 0.05) is 47.4 Å². The molecule has 0 spiro atoms. The Hall–Kier alpha value is -3.32. The van der Waals surface area contributed by atoms with Gasteiger partial charge in [-0.1, -0.05) is 23.9 Å². The molecule has 0 aliphatic heterocycles. The lowest BCUT2D eigenvalue weighted by molar-refractivity contribution is 0.395. The fourth-order valence-electron chi connectivity index (χ4n) is 2.86. The average Bonchev–Trinajstić information content (AvgIpc) is 2.78. The van der Waals surface area contributed by atoms with Gasteiger partial charge in [-0.15, -0.1) is 0 Å². The van der Waals surface area contributed by atoms with Crippen molar-refractivity contribution >= 4 is 34.2 Å². The molecule has 0 fully saturated rings. The van der Waals surface area contributed by atoms with Crippen molar-refractivity contribution in [3.63, 3.8) is 0 Å². The standard InChI is InChI=1S/C22H20N4O2S/c1-27-17-11-16(12-18(13-17)28-2)24-21-19-5-3-4-6-20(19)25-22(26-21)29-14-15-7-9-23-10-8-15/h3-13H,14H2,1-2H3,(H,24,25,26). The molecule has 2 heterocycles. The molecule has 29 heavy (non-hydrogen) atoms. The number of anilines is 2. The topological polar surface area (TPSA) is 69.2 Å². The van der Waals surface area contributed by atoms with Crippen LogP contribution in [-0.2, 0) is 5.75 Å². The highest BCUT2D eigenvalue weighted by Gasteiger charge is 2.10. The Labute approximate surface area is 173 Å². The zero-order chi connectivity index (χ0) is 20.1. The van der Waals surface area contributed by atoms with Crippen LogP contribution < -0.4 is 14.8 Å². The van der Waals surface area contributed by atoms with Crippen molar-refractivity contribution in [1.29, 1.82) is 0 Å². The van der Waals surface area contributed by atoms with Crippen molar-refractivity contribution < 1.29 is 9.47 Å². The van der Waals surface area contributed by atoms with Gasteiger partial charge in [-0.05, 0) is 29.8 Å². The maximum Gasteiger partial charge on any atom is 0.190 e. The van der Waals surface area contributed by atoms with E-state index in [-0.39, 0.29) is 0 Å². The fraction of sp³-hybridized carbons (Fsp3) is 0.136. The average molecular weight is 404 g/mol. The van der Waals surface area contributed by atoms with E-state index in [1.165, 1.54) is 5.56 Å². The molecule has 2 aromatic carbocycles. The monoisotopic (exact) mass is 404 g/mol. The predicted octanol–water partition coefficient (Wildman–Crippen LogP) is 5.08. The number of hydrogen-bond donors (Lipinski definition) is 1. The summed E-state index contributed by atoms with van der Waals surface area (Å²) in [6, 6.07) is 17.6. The second-order valence-corrected chi connectivity index (χ2v) is 7.18. The molecule has 0 saturated heterocycles. The number of ether oxygens (including phenoxy) is 2. The van der Waals surface area contributed by atoms with Crippen LogP contribution in [-0.4, -0.2) is 29.2 Å². The zero-order valence-electron chi connectivity index (χ0n) is 16.1. The Morgan fingerprint density at radius 1 is 0.897 bits per heavy atom. The number of methoxy groups -OCH3 is 2. The molecule has 7 heteroatoms. The Morgan fingerprint density at radius 3 is 2.34 bits per heavy atom. The minimum Gasteiger partial charge on any atom is -0.497 e. The highest BCUT2D eigenvalue weighted by molar-refractivity contribution is 7.98. The van der Waals surface area contributed by atoms with E-state index in [1.54, 1.807) is 38.4 Å². The third-order valence-electron chi connectivity index (χ3n) is 4.31. The molecule has 0 amide bonds. The van der Waals surface area contributed by atoms with E-state index in [2.05, 4.69) is 10.3 Å². The molecule has 1 N–H and O–H groups in total. The van der Waals surface area contributed by atoms with Crippen molar-refractivity contribution in [2.75, 3.05) is 19.5 Å². The molecular weight excluding hydrogens is 384 g/mol. The second kappa shape index (κ2) is 8.79.